The Kier molecular flexibility index (Phi) is 5.21. The molecule has 6 nitrogen and oxygen atoms in total. The standard InChI is InChI=1S/C17H14Cl2N4O2/c1-11(25-14-7-2-5-12(18)15(14)19)17(24)22-13-6-3-8-20-16(13)23-10-4-9-21-23/h2-11H,1H3,(H,22,24). The smallest absolute Gasteiger partial charge is 0.265 e. The van der Waals surface area contributed by atoms with E-state index in [1.54, 1.807) is 66.6 Å². The molecule has 0 fully saturated rings. The Balaban J connectivity index is 1.75. The average molecular weight is 377 g/mol. The fraction of sp³-hybridized carbons (Fsp3) is 0.118. The highest BCUT2D eigenvalue weighted by Crippen LogP contribution is 2.32. The first-order valence-electron chi connectivity index (χ1n) is 7.43. The minimum absolute atomic E-state index is 0.266. The van der Waals surface area contributed by atoms with Crippen LogP contribution in [0.5, 0.6) is 5.75 Å². The number of halogens is 2. The van der Waals surface area contributed by atoms with Gasteiger partial charge in [0, 0.05) is 18.6 Å². The van der Waals surface area contributed by atoms with Crippen molar-refractivity contribution < 1.29 is 9.53 Å². The normalized spacial score (nSPS) is 11.8. The number of amides is 1. The second-order valence-corrected chi connectivity index (χ2v) is 5.91. The Hall–Kier alpha value is -2.57. The van der Waals surface area contributed by atoms with Gasteiger partial charge in [0.15, 0.2) is 11.9 Å². The molecule has 2 heterocycles. The Bertz CT molecular complexity index is 884. The van der Waals surface area contributed by atoms with Gasteiger partial charge in [-0.2, -0.15) is 5.10 Å². The zero-order chi connectivity index (χ0) is 17.8. The third kappa shape index (κ3) is 3.92. The molecule has 0 aliphatic heterocycles. The summed E-state index contributed by atoms with van der Waals surface area (Å²) in [4.78, 5) is 16.7. The van der Waals surface area contributed by atoms with Crippen molar-refractivity contribution in [3.63, 3.8) is 0 Å². The second-order valence-electron chi connectivity index (χ2n) is 5.13. The van der Waals surface area contributed by atoms with Crippen molar-refractivity contribution >= 4 is 34.8 Å². The Labute approximate surface area is 154 Å². The molecule has 8 heteroatoms. The molecular weight excluding hydrogens is 363 g/mol. The van der Waals surface area contributed by atoms with Gasteiger partial charge in [-0.15, -0.1) is 0 Å². The maximum atomic E-state index is 12.5. The van der Waals surface area contributed by atoms with E-state index in [2.05, 4.69) is 15.4 Å². The zero-order valence-electron chi connectivity index (χ0n) is 13.2. The van der Waals surface area contributed by atoms with Gasteiger partial charge in [-0.3, -0.25) is 4.79 Å². The highest BCUT2D eigenvalue weighted by molar-refractivity contribution is 6.42. The van der Waals surface area contributed by atoms with E-state index in [1.807, 2.05) is 0 Å². The first kappa shape index (κ1) is 17.3. The number of carbonyl (C=O) groups excluding carboxylic acids is 1. The van der Waals surface area contributed by atoms with E-state index >= 15 is 0 Å². The summed E-state index contributed by atoms with van der Waals surface area (Å²) in [5.74, 6) is 0.501. The number of carbonyl (C=O) groups is 1. The van der Waals surface area contributed by atoms with Gasteiger partial charge >= 0.3 is 0 Å². The molecule has 0 aliphatic rings. The van der Waals surface area contributed by atoms with Gasteiger partial charge in [-0.25, -0.2) is 9.67 Å². The molecule has 0 aliphatic carbocycles. The van der Waals surface area contributed by atoms with E-state index in [9.17, 15) is 4.79 Å². The summed E-state index contributed by atoms with van der Waals surface area (Å²) in [5, 5.41) is 7.54. The van der Waals surface area contributed by atoms with E-state index in [0.29, 0.717) is 22.3 Å². The van der Waals surface area contributed by atoms with Crippen LogP contribution in [0.1, 0.15) is 6.92 Å². The van der Waals surface area contributed by atoms with Crippen molar-refractivity contribution in [2.75, 3.05) is 5.32 Å². The molecule has 0 saturated carbocycles. The number of anilines is 1. The third-order valence-corrected chi connectivity index (χ3v) is 4.16. The van der Waals surface area contributed by atoms with Crippen molar-refractivity contribution in [1.82, 2.24) is 14.8 Å². The molecule has 0 bridgehead atoms. The molecule has 3 rings (SSSR count). The molecule has 3 aromatic rings. The Morgan fingerprint density at radius 2 is 2.04 bits per heavy atom. The number of nitrogens with zero attached hydrogens (tertiary/aromatic N) is 3. The predicted octanol–water partition coefficient (Wildman–Crippen LogP) is 3.98. The molecule has 1 atom stereocenters. The number of aromatic nitrogens is 3. The number of pyridine rings is 1. The van der Waals surface area contributed by atoms with Crippen molar-refractivity contribution in [3.8, 4) is 11.6 Å². The minimum Gasteiger partial charge on any atom is -0.479 e. The van der Waals surface area contributed by atoms with Crippen LogP contribution in [0.25, 0.3) is 5.82 Å². The third-order valence-electron chi connectivity index (χ3n) is 3.36. The van der Waals surface area contributed by atoms with Crippen LogP contribution < -0.4 is 10.1 Å². The van der Waals surface area contributed by atoms with Crippen LogP contribution in [0.3, 0.4) is 0 Å². The average Bonchev–Trinajstić information content (AvgIpc) is 3.14. The van der Waals surface area contributed by atoms with Crippen LogP contribution in [0.4, 0.5) is 5.69 Å². The topological polar surface area (TPSA) is 69.0 Å². The van der Waals surface area contributed by atoms with E-state index in [-0.39, 0.29) is 10.9 Å². The number of nitrogens with one attached hydrogen (secondary N) is 1. The van der Waals surface area contributed by atoms with E-state index in [1.165, 1.54) is 0 Å². The van der Waals surface area contributed by atoms with Gasteiger partial charge < -0.3 is 10.1 Å². The fourth-order valence-corrected chi connectivity index (χ4v) is 2.46. The number of ether oxygens (including phenoxy) is 1. The fourth-order valence-electron chi connectivity index (χ4n) is 2.12. The van der Waals surface area contributed by atoms with Gasteiger partial charge in [0.25, 0.3) is 5.91 Å². The summed E-state index contributed by atoms with van der Waals surface area (Å²) in [5.41, 5.74) is 0.517. The van der Waals surface area contributed by atoms with Gasteiger partial charge in [0.1, 0.15) is 10.8 Å². The monoisotopic (exact) mass is 376 g/mol. The summed E-state index contributed by atoms with van der Waals surface area (Å²) in [6, 6.07) is 10.2. The SMILES string of the molecule is CC(Oc1cccc(Cl)c1Cl)C(=O)Nc1cccnc1-n1cccn1. The van der Waals surface area contributed by atoms with Gasteiger partial charge in [0.05, 0.1) is 10.7 Å². The largest absolute Gasteiger partial charge is 0.479 e. The quantitative estimate of drug-likeness (QED) is 0.730. The molecule has 1 aromatic carbocycles. The van der Waals surface area contributed by atoms with E-state index in [4.69, 9.17) is 27.9 Å². The summed E-state index contributed by atoms with van der Waals surface area (Å²) >= 11 is 12.0. The van der Waals surface area contributed by atoms with Crippen molar-refractivity contribution in [1.29, 1.82) is 0 Å². The molecule has 0 radical (unpaired) electrons. The molecule has 1 N–H and O–H groups in total. The lowest BCUT2D eigenvalue weighted by Gasteiger charge is -2.17. The number of hydrogen-bond donors (Lipinski definition) is 1. The van der Waals surface area contributed by atoms with Crippen molar-refractivity contribution in [2.24, 2.45) is 0 Å². The maximum absolute atomic E-state index is 12.5. The second kappa shape index (κ2) is 7.55. The number of rotatable bonds is 5. The molecule has 0 saturated heterocycles. The summed E-state index contributed by atoms with van der Waals surface area (Å²) in [6.45, 7) is 1.62. The van der Waals surface area contributed by atoms with Crippen molar-refractivity contribution in [2.45, 2.75) is 13.0 Å². The zero-order valence-corrected chi connectivity index (χ0v) is 14.7. The number of hydrogen-bond acceptors (Lipinski definition) is 4. The van der Waals surface area contributed by atoms with E-state index in [0.717, 1.165) is 0 Å². The Morgan fingerprint density at radius 1 is 1.20 bits per heavy atom. The summed E-state index contributed by atoms with van der Waals surface area (Å²) < 4.78 is 7.18. The van der Waals surface area contributed by atoms with Gasteiger partial charge in [-0.05, 0) is 37.3 Å². The molecule has 1 amide bonds. The van der Waals surface area contributed by atoms with Crippen LogP contribution in [0.2, 0.25) is 10.0 Å². The first-order chi connectivity index (χ1) is 12.1. The first-order valence-corrected chi connectivity index (χ1v) is 8.18. The highest BCUT2D eigenvalue weighted by Gasteiger charge is 2.19. The van der Waals surface area contributed by atoms with E-state index < -0.39 is 6.10 Å². The van der Waals surface area contributed by atoms with Crippen molar-refractivity contribution in [3.05, 3.63) is 65.0 Å². The van der Waals surface area contributed by atoms with Crippen LogP contribution in [0.15, 0.2) is 55.0 Å². The Morgan fingerprint density at radius 3 is 2.80 bits per heavy atom. The van der Waals surface area contributed by atoms with Gasteiger partial charge in [0.2, 0.25) is 0 Å². The molecule has 128 valence electrons. The summed E-state index contributed by atoms with van der Waals surface area (Å²) in [7, 11) is 0. The summed E-state index contributed by atoms with van der Waals surface area (Å²) in [6.07, 6.45) is 4.21. The molecule has 25 heavy (non-hydrogen) atoms. The molecule has 1 unspecified atom stereocenters. The van der Waals surface area contributed by atoms with Crippen LogP contribution in [-0.2, 0) is 4.79 Å². The predicted molar refractivity (Wildman–Crippen MR) is 96.5 cm³/mol. The lowest BCUT2D eigenvalue weighted by Crippen LogP contribution is -2.30. The highest BCUT2D eigenvalue weighted by atomic mass is 35.5. The molecule has 0 spiro atoms. The van der Waals surface area contributed by atoms with Crippen LogP contribution in [-0.4, -0.2) is 26.8 Å². The molecule has 2 aromatic heterocycles. The lowest BCUT2D eigenvalue weighted by atomic mass is 10.3. The van der Waals surface area contributed by atoms with Crippen LogP contribution in [0, 0.1) is 0 Å². The number of benzene rings is 1. The molecular formula is C17H14Cl2N4O2. The minimum atomic E-state index is -0.790. The maximum Gasteiger partial charge on any atom is 0.265 e. The van der Waals surface area contributed by atoms with Crippen LogP contribution >= 0.6 is 23.2 Å². The van der Waals surface area contributed by atoms with Gasteiger partial charge in [-0.1, -0.05) is 29.3 Å². The lowest BCUT2D eigenvalue weighted by molar-refractivity contribution is -0.122.